The minimum Gasteiger partial charge on any atom is -0.455 e. The zero-order valence-corrected chi connectivity index (χ0v) is 25.6. The SMILES string of the molecule is [2H]c1c([2H])c([2H])c2c(c1[2H])c([2H])c(-c1ccccc1)c1oc3c([2H])c(N(c4ccc(-c5ccccc5)cc4)c4ccc(-c5ccccc5)cc4)c([2H])c([2H])c3c12. The van der Waals surface area contributed by atoms with Crippen molar-refractivity contribution in [3.63, 3.8) is 0 Å². The summed E-state index contributed by atoms with van der Waals surface area (Å²) in [4.78, 5) is 1.77. The highest BCUT2D eigenvalue weighted by Gasteiger charge is 2.19. The standard InChI is InChI=1S/C46H31NO/c1-4-12-32(13-5-1)34-20-24-38(25-21-34)47(39-26-22-35(23-27-39)33-14-6-2-7-15-33)40-28-29-42-44(31-40)48-46-43(36-16-8-3-9-17-36)30-37-18-10-11-19-41(37)45(42)46/h1-31H/i10D,11D,18D,19D,28D,29D,30D,31D. The summed E-state index contributed by atoms with van der Waals surface area (Å²) in [5.74, 6) is 0. The van der Waals surface area contributed by atoms with E-state index in [-0.39, 0.29) is 80.2 Å². The van der Waals surface area contributed by atoms with Crippen LogP contribution in [0.15, 0.2) is 192 Å². The van der Waals surface area contributed by atoms with Gasteiger partial charge in [0.1, 0.15) is 11.2 Å². The fourth-order valence-corrected chi connectivity index (χ4v) is 6.28. The quantitative estimate of drug-likeness (QED) is 0.184. The van der Waals surface area contributed by atoms with Gasteiger partial charge in [-0.15, -0.1) is 0 Å². The monoisotopic (exact) mass is 621 g/mol. The van der Waals surface area contributed by atoms with Crippen molar-refractivity contribution in [2.24, 2.45) is 0 Å². The zero-order valence-electron chi connectivity index (χ0n) is 33.6. The molecule has 48 heavy (non-hydrogen) atoms. The molecule has 0 fully saturated rings. The Bertz CT molecular complexity index is 2890. The smallest absolute Gasteiger partial charge is 0.143 e. The highest BCUT2D eigenvalue weighted by molar-refractivity contribution is 6.22. The van der Waals surface area contributed by atoms with E-state index in [9.17, 15) is 5.48 Å². The lowest BCUT2D eigenvalue weighted by Gasteiger charge is -2.26. The number of hydrogen-bond donors (Lipinski definition) is 0. The summed E-state index contributed by atoms with van der Waals surface area (Å²) in [6.45, 7) is 0. The Labute approximate surface area is 291 Å². The maximum absolute atomic E-state index is 9.76. The third kappa shape index (κ3) is 4.92. The van der Waals surface area contributed by atoms with Gasteiger partial charge in [-0.1, -0.05) is 139 Å². The van der Waals surface area contributed by atoms with E-state index in [1.807, 2.05) is 115 Å². The molecular weight excluding hydrogens is 583 g/mol. The first kappa shape index (κ1) is 20.7. The summed E-state index contributed by atoms with van der Waals surface area (Å²) in [6.07, 6.45) is 0. The van der Waals surface area contributed by atoms with Crippen LogP contribution in [0.1, 0.15) is 11.0 Å². The minimum atomic E-state index is -0.491. The molecule has 0 saturated heterocycles. The Morgan fingerprint density at radius 1 is 0.438 bits per heavy atom. The summed E-state index contributed by atoms with van der Waals surface area (Å²) in [7, 11) is 0. The number of hydrogen-bond acceptors (Lipinski definition) is 2. The van der Waals surface area contributed by atoms with Gasteiger partial charge in [-0.25, -0.2) is 0 Å². The number of fused-ring (bicyclic) bond motifs is 5. The van der Waals surface area contributed by atoms with Crippen LogP contribution in [0.5, 0.6) is 0 Å². The summed E-state index contributed by atoms with van der Waals surface area (Å²) >= 11 is 0. The Balaban J connectivity index is 1.35. The van der Waals surface area contributed by atoms with Gasteiger partial charge in [0.25, 0.3) is 0 Å². The molecule has 0 N–H and O–H groups in total. The van der Waals surface area contributed by atoms with Crippen molar-refractivity contribution >= 4 is 49.8 Å². The molecule has 0 amide bonds. The Hall–Kier alpha value is -6.38. The first-order valence-corrected chi connectivity index (χ1v) is 15.7. The molecule has 2 nitrogen and oxygen atoms in total. The number of anilines is 3. The lowest BCUT2D eigenvalue weighted by molar-refractivity contribution is 0.670. The third-order valence-electron chi connectivity index (χ3n) is 8.61. The Kier molecular flexibility index (Phi) is 5.07. The fraction of sp³-hybridized carbons (Fsp3) is 0. The predicted molar refractivity (Wildman–Crippen MR) is 202 cm³/mol. The van der Waals surface area contributed by atoms with Crippen LogP contribution in [0, 0.1) is 0 Å². The zero-order chi connectivity index (χ0) is 38.8. The minimum absolute atomic E-state index is 0.0133. The maximum Gasteiger partial charge on any atom is 0.143 e. The second-order valence-corrected chi connectivity index (χ2v) is 11.5. The molecule has 2 heteroatoms. The van der Waals surface area contributed by atoms with E-state index < -0.39 is 12.1 Å². The largest absolute Gasteiger partial charge is 0.455 e. The van der Waals surface area contributed by atoms with Crippen LogP contribution in [0.4, 0.5) is 17.1 Å². The summed E-state index contributed by atoms with van der Waals surface area (Å²) in [5.41, 5.74) is 6.34. The maximum atomic E-state index is 9.76. The van der Waals surface area contributed by atoms with Crippen molar-refractivity contribution in [2.45, 2.75) is 0 Å². The predicted octanol–water partition coefficient (Wildman–Crippen LogP) is 13.2. The second kappa shape index (κ2) is 11.8. The van der Waals surface area contributed by atoms with Gasteiger partial charge in [-0.3, -0.25) is 0 Å². The van der Waals surface area contributed by atoms with Crippen LogP contribution in [-0.2, 0) is 0 Å². The van der Waals surface area contributed by atoms with Crippen LogP contribution < -0.4 is 4.90 Å². The lowest BCUT2D eigenvalue weighted by atomic mass is 9.96. The second-order valence-electron chi connectivity index (χ2n) is 11.5. The van der Waals surface area contributed by atoms with Crippen LogP contribution in [0.3, 0.4) is 0 Å². The van der Waals surface area contributed by atoms with Gasteiger partial charge in [0.2, 0.25) is 0 Å². The molecule has 0 bridgehead atoms. The molecule has 8 aromatic carbocycles. The molecule has 1 aromatic heterocycles. The van der Waals surface area contributed by atoms with Crippen LogP contribution in [-0.4, -0.2) is 0 Å². The number of nitrogens with zero attached hydrogens (tertiary/aromatic N) is 1. The van der Waals surface area contributed by atoms with E-state index in [1.165, 1.54) is 0 Å². The molecule has 9 rings (SSSR count). The van der Waals surface area contributed by atoms with Crippen LogP contribution >= 0.6 is 0 Å². The van der Waals surface area contributed by atoms with E-state index in [4.69, 9.17) is 9.90 Å². The van der Waals surface area contributed by atoms with Gasteiger partial charge in [0.05, 0.1) is 11.0 Å². The summed E-state index contributed by atoms with van der Waals surface area (Å²) in [6, 6.07) is 41.8. The van der Waals surface area contributed by atoms with E-state index in [0.717, 1.165) is 22.3 Å². The van der Waals surface area contributed by atoms with Crippen molar-refractivity contribution in [1.82, 2.24) is 0 Å². The van der Waals surface area contributed by atoms with Crippen LogP contribution in [0.2, 0.25) is 0 Å². The van der Waals surface area contributed by atoms with Crippen molar-refractivity contribution in [1.29, 1.82) is 0 Å². The molecule has 0 radical (unpaired) electrons. The average Bonchev–Trinajstić information content (AvgIpc) is 3.64. The highest BCUT2D eigenvalue weighted by Crippen LogP contribution is 2.44. The molecule has 0 unspecified atom stereocenters. The van der Waals surface area contributed by atoms with Crippen LogP contribution in [0.25, 0.3) is 66.1 Å². The van der Waals surface area contributed by atoms with Crippen molar-refractivity contribution in [3.05, 3.63) is 188 Å². The van der Waals surface area contributed by atoms with Crippen molar-refractivity contribution in [2.75, 3.05) is 4.90 Å². The molecule has 0 aliphatic heterocycles. The summed E-state index contributed by atoms with van der Waals surface area (Å²) in [5, 5.41) is 0.232. The number of rotatable bonds is 6. The van der Waals surface area contributed by atoms with E-state index in [0.29, 0.717) is 16.9 Å². The molecule has 0 saturated carbocycles. The molecule has 0 aliphatic carbocycles. The number of benzene rings is 8. The van der Waals surface area contributed by atoms with E-state index in [2.05, 4.69) is 0 Å². The normalized spacial score (nSPS) is 13.7. The lowest BCUT2D eigenvalue weighted by Crippen LogP contribution is -2.09. The Morgan fingerprint density at radius 3 is 1.54 bits per heavy atom. The average molecular weight is 622 g/mol. The van der Waals surface area contributed by atoms with Crippen molar-refractivity contribution < 1.29 is 15.4 Å². The first-order valence-electron chi connectivity index (χ1n) is 19.7. The van der Waals surface area contributed by atoms with Gasteiger partial charge in [-0.05, 0) is 81.0 Å². The molecular formula is C46H31NO. The summed E-state index contributed by atoms with van der Waals surface area (Å²) < 4.78 is 79.6. The highest BCUT2D eigenvalue weighted by atomic mass is 16.3. The van der Waals surface area contributed by atoms with Gasteiger partial charge < -0.3 is 9.32 Å². The molecule has 0 atom stereocenters. The van der Waals surface area contributed by atoms with Gasteiger partial charge >= 0.3 is 0 Å². The molecule has 0 aliphatic rings. The topological polar surface area (TPSA) is 16.4 Å². The molecule has 0 spiro atoms. The molecule has 226 valence electrons. The van der Waals surface area contributed by atoms with Gasteiger partial charge in [0.15, 0.2) is 0 Å². The van der Waals surface area contributed by atoms with Crippen molar-refractivity contribution in [3.8, 4) is 33.4 Å². The van der Waals surface area contributed by atoms with E-state index >= 15 is 0 Å². The Morgan fingerprint density at radius 2 is 0.958 bits per heavy atom. The van der Waals surface area contributed by atoms with Gasteiger partial charge in [-0.2, -0.15) is 0 Å². The molecule has 1 heterocycles. The van der Waals surface area contributed by atoms with Gasteiger partial charge in [0, 0.05) is 39.4 Å². The third-order valence-corrected chi connectivity index (χ3v) is 8.61. The first-order chi connectivity index (χ1) is 27.2. The number of furan rings is 1. The molecule has 9 aromatic rings. The van der Waals surface area contributed by atoms with E-state index in [1.54, 1.807) is 29.2 Å². The fourth-order valence-electron chi connectivity index (χ4n) is 6.28.